The Morgan fingerprint density at radius 2 is 1.42 bits per heavy atom. The number of nitrogens with zero attached hydrogens (tertiary/aromatic N) is 3. The molecular weight excluding hydrogens is 823 g/mol. The lowest BCUT2D eigenvalue weighted by Gasteiger charge is -2.50. The summed E-state index contributed by atoms with van der Waals surface area (Å²) in [6.45, 7) is 4.63. The summed E-state index contributed by atoms with van der Waals surface area (Å²) < 4.78 is 68.5. The second-order valence-corrected chi connectivity index (χ2v) is 19.9. The topological polar surface area (TPSA) is 178 Å². The Bertz CT molecular complexity index is 1930. The highest BCUT2D eigenvalue weighted by Crippen LogP contribution is 2.53. The number of esters is 1. The van der Waals surface area contributed by atoms with Gasteiger partial charge in [-0.1, -0.05) is 92.5 Å². The molecular formula is C49H65N3O12. The summed E-state index contributed by atoms with van der Waals surface area (Å²) in [5.74, 6) is -1.60. The van der Waals surface area contributed by atoms with Crippen LogP contribution in [0.5, 0.6) is 0 Å². The Balaban J connectivity index is 0.984. The normalized spacial score (nSPS) is 40.0. The smallest absolute Gasteiger partial charge is 0.306 e. The maximum Gasteiger partial charge on any atom is 0.306 e. The molecule has 348 valence electrons. The van der Waals surface area contributed by atoms with Gasteiger partial charge in [-0.2, -0.15) is 0 Å². The van der Waals surface area contributed by atoms with Gasteiger partial charge in [0.1, 0.15) is 54.9 Å². The van der Waals surface area contributed by atoms with E-state index in [9.17, 15) is 15.4 Å². The van der Waals surface area contributed by atoms with Crippen LogP contribution in [0.2, 0.25) is 0 Å². The van der Waals surface area contributed by atoms with E-state index in [1.165, 1.54) is 0 Å². The van der Waals surface area contributed by atoms with E-state index in [0.717, 1.165) is 62.5 Å². The molecule has 10 rings (SSSR count). The number of azide groups is 1. The molecule has 4 aliphatic heterocycles. The molecule has 15 heteroatoms. The highest BCUT2D eigenvalue weighted by Gasteiger charge is 2.68. The SMILES string of the molecule is CC(C)[C@@H]1CC[C@@H](CC(=O)O[C@H]2[C@H](OC3OC4COC(c5ccccc5)OC4[C@H](OCc4ccccc4)[C@H]3N=[N+]=[N-])[C@H]3OC4(CCCCC4)O[C@@H]3[C@H]3OC4(CCCCC4)O[C@@H]23)C[C@H]1O. The Hall–Kier alpha value is -3.18. The Morgan fingerprint density at radius 1 is 0.797 bits per heavy atom. The third-order valence-corrected chi connectivity index (χ3v) is 15.3. The van der Waals surface area contributed by atoms with Gasteiger partial charge in [-0.05, 0) is 73.8 Å². The molecule has 0 radical (unpaired) electrons. The van der Waals surface area contributed by atoms with E-state index in [1.54, 1.807) is 0 Å². The van der Waals surface area contributed by atoms with Gasteiger partial charge in [0.2, 0.25) is 0 Å². The fourth-order valence-corrected chi connectivity index (χ4v) is 12.0. The fourth-order valence-electron chi connectivity index (χ4n) is 12.0. The van der Waals surface area contributed by atoms with E-state index in [4.69, 9.17) is 47.4 Å². The average Bonchev–Trinajstić information content (AvgIpc) is 3.86. The van der Waals surface area contributed by atoms with Crippen LogP contribution < -0.4 is 0 Å². The molecule has 15 nitrogen and oxygen atoms in total. The molecule has 8 aliphatic rings. The zero-order chi connectivity index (χ0) is 43.8. The summed E-state index contributed by atoms with van der Waals surface area (Å²) in [5.41, 5.74) is 12.0. The van der Waals surface area contributed by atoms with Crippen LogP contribution in [-0.2, 0) is 58.8 Å². The van der Waals surface area contributed by atoms with E-state index < -0.39 is 97.2 Å². The number of ether oxygens (including phenoxy) is 10. The van der Waals surface area contributed by atoms with Crippen LogP contribution >= 0.6 is 0 Å². The van der Waals surface area contributed by atoms with Crippen molar-refractivity contribution in [1.29, 1.82) is 0 Å². The van der Waals surface area contributed by atoms with Gasteiger partial charge in [0.15, 0.2) is 30.3 Å². The highest BCUT2D eigenvalue weighted by molar-refractivity contribution is 5.70. The Labute approximate surface area is 375 Å². The molecule has 4 aliphatic carbocycles. The molecule has 64 heavy (non-hydrogen) atoms. The molecule has 2 spiro atoms. The van der Waals surface area contributed by atoms with Gasteiger partial charge in [0, 0.05) is 42.6 Å². The van der Waals surface area contributed by atoms with E-state index in [2.05, 4.69) is 23.9 Å². The molecule has 0 amide bonds. The monoisotopic (exact) mass is 887 g/mol. The van der Waals surface area contributed by atoms with E-state index in [0.29, 0.717) is 38.0 Å². The van der Waals surface area contributed by atoms with E-state index >= 15 is 0 Å². The van der Waals surface area contributed by atoms with Crippen LogP contribution in [0.1, 0.15) is 121 Å². The van der Waals surface area contributed by atoms with Crippen LogP contribution in [0.15, 0.2) is 65.8 Å². The largest absolute Gasteiger partial charge is 0.457 e. The van der Waals surface area contributed by atoms with Crippen molar-refractivity contribution in [3.05, 3.63) is 82.2 Å². The predicted octanol–water partition coefficient (Wildman–Crippen LogP) is 8.11. The van der Waals surface area contributed by atoms with Crippen LogP contribution in [0.3, 0.4) is 0 Å². The van der Waals surface area contributed by atoms with Crippen LogP contribution in [0.25, 0.3) is 10.4 Å². The number of benzene rings is 2. The molecule has 0 bridgehead atoms. The molecule has 4 unspecified atom stereocenters. The molecule has 8 fully saturated rings. The second-order valence-electron chi connectivity index (χ2n) is 19.9. The van der Waals surface area contributed by atoms with Gasteiger partial charge in [0.05, 0.1) is 19.3 Å². The lowest BCUT2D eigenvalue weighted by molar-refractivity contribution is -0.360. The Morgan fingerprint density at radius 3 is 2.05 bits per heavy atom. The van der Waals surface area contributed by atoms with E-state index in [1.807, 2.05) is 60.7 Å². The first-order valence-electron chi connectivity index (χ1n) is 24.1. The maximum atomic E-state index is 14.4. The molecule has 4 saturated carbocycles. The lowest BCUT2D eigenvalue weighted by atomic mass is 9.74. The summed E-state index contributed by atoms with van der Waals surface area (Å²) in [7, 11) is 0. The molecule has 0 aromatic heterocycles. The van der Waals surface area contributed by atoms with Crippen molar-refractivity contribution in [2.45, 2.75) is 202 Å². The zero-order valence-corrected chi connectivity index (χ0v) is 37.1. The minimum Gasteiger partial charge on any atom is -0.457 e. The molecule has 1 N–H and O–H groups in total. The number of fused-ring (bicyclic) bond motifs is 4. The number of hydrogen-bond acceptors (Lipinski definition) is 13. The number of carbonyl (C=O) groups is 1. The van der Waals surface area contributed by atoms with Crippen LogP contribution in [-0.4, -0.2) is 103 Å². The first-order chi connectivity index (χ1) is 31.2. The maximum absolute atomic E-state index is 14.4. The van der Waals surface area contributed by atoms with Crippen molar-refractivity contribution in [3.63, 3.8) is 0 Å². The lowest BCUT2D eigenvalue weighted by Crippen LogP contribution is -2.67. The third-order valence-electron chi connectivity index (χ3n) is 15.3. The van der Waals surface area contributed by atoms with Crippen molar-refractivity contribution >= 4 is 5.97 Å². The van der Waals surface area contributed by atoms with Crippen molar-refractivity contribution in [2.75, 3.05) is 6.61 Å². The summed E-state index contributed by atoms with van der Waals surface area (Å²) in [5, 5.41) is 15.4. The Kier molecular flexibility index (Phi) is 13.4. The quantitative estimate of drug-likeness (QED) is 0.0994. The first-order valence-corrected chi connectivity index (χ1v) is 24.1. The minimum atomic E-state index is -1.21. The van der Waals surface area contributed by atoms with Crippen LogP contribution in [0, 0.1) is 17.8 Å². The van der Waals surface area contributed by atoms with E-state index in [-0.39, 0.29) is 31.5 Å². The average molecular weight is 888 g/mol. The summed E-state index contributed by atoms with van der Waals surface area (Å²) >= 11 is 0. The van der Waals surface area contributed by atoms with Gasteiger partial charge in [-0.3, -0.25) is 4.79 Å². The van der Waals surface area contributed by atoms with Gasteiger partial charge < -0.3 is 52.5 Å². The van der Waals surface area contributed by atoms with Gasteiger partial charge in [-0.15, -0.1) is 0 Å². The number of carbonyl (C=O) groups excluding carboxylic acids is 1. The molecule has 2 aromatic rings. The van der Waals surface area contributed by atoms with Crippen molar-refractivity contribution < 1.29 is 57.3 Å². The van der Waals surface area contributed by atoms with Gasteiger partial charge in [0.25, 0.3) is 0 Å². The standard InChI is InChI=1S/C49H65N3O12/c1-29(2)33-20-19-31(25-34(33)53)26-36(54)58-40-41(43-45(64-49(62-43)23-13-6-14-24-49)44-42(40)61-48(63-44)21-11-5-12-22-48)60-47-37(51-52-50)39(55-27-30-15-7-3-8-16-30)38-35(57-47)28-56-46(59-38)32-17-9-4-10-18-32/h3-4,7-10,15-18,29,31,33-35,37-47,53H,5-6,11-14,19-28H2,1-2H3/t31-,33+,34-,35?,37-,38?,39-,40+,41+,42+,43-,44+,45+,46?,47?/m1/s1. The van der Waals surface area contributed by atoms with Crippen molar-refractivity contribution in [3.8, 4) is 0 Å². The van der Waals surface area contributed by atoms with Crippen LogP contribution in [0.4, 0.5) is 0 Å². The number of aliphatic hydroxyl groups is 1. The summed E-state index contributed by atoms with van der Waals surface area (Å²) in [6, 6.07) is 18.4. The molecule has 15 atom stereocenters. The minimum absolute atomic E-state index is 0.0347. The number of hydrogen-bond donors (Lipinski definition) is 1. The van der Waals surface area contributed by atoms with Crippen molar-refractivity contribution in [2.24, 2.45) is 22.9 Å². The fraction of sp³-hybridized carbons (Fsp3) is 0.735. The molecule has 4 saturated heterocycles. The number of rotatable bonds is 11. The zero-order valence-electron chi connectivity index (χ0n) is 37.1. The third kappa shape index (κ3) is 9.12. The summed E-state index contributed by atoms with van der Waals surface area (Å²) in [6.07, 6.45) is 1.86. The van der Waals surface area contributed by atoms with Crippen molar-refractivity contribution in [1.82, 2.24) is 0 Å². The van der Waals surface area contributed by atoms with Gasteiger partial charge >= 0.3 is 5.97 Å². The van der Waals surface area contributed by atoms with Gasteiger partial charge in [-0.25, -0.2) is 0 Å². The second kappa shape index (κ2) is 19.2. The summed E-state index contributed by atoms with van der Waals surface area (Å²) in [4.78, 5) is 17.7. The molecule has 2 aromatic carbocycles. The first kappa shape index (κ1) is 44.6. The number of aliphatic hydroxyl groups excluding tert-OH is 1. The predicted molar refractivity (Wildman–Crippen MR) is 229 cm³/mol. The highest BCUT2D eigenvalue weighted by atomic mass is 16.8. The molecule has 4 heterocycles.